The molecule has 1 aromatic rings. The van der Waals surface area contributed by atoms with Gasteiger partial charge in [-0.25, -0.2) is 0 Å². The maximum Gasteiger partial charge on any atom is 0.248 e. The van der Waals surface area contributed by atoms with Crippen molar-refractivity contribution >= 4 is 17.9 Å². The first kappa shape index (κ1) is 10.1. The van der Waals surface area contributed by atoms with Gasteiger partial charge in [-0.05, 0) is 50.3 Å². The fourth-order valence-electron chi connectivity index (χ4n) is 0.891. The Hall–Kier alpha value is -1.00. The predicted octanol–water partition coefficient (Wildman–Crippen LogP) is 1.35. The summed E-state index contributed by atoms with van der Waals surface area (Å²) in [7, 11) is 3.93. The number of hydrogen-bond donors (Lipinski definition) is 1. The molecule has 0 saturated heterocycles. The van der Waals surface area contributed by atoms with E-state index in [2.05, 4.69) is 0 Å². The van der Waals surface area contributed by atoms with Gasteiger partial charge in [0.2, 0.25) is 5.91 Å². The Morgan fingerprint density at radius 1 is 1.31 bits per heavy atom. The van der Waals surface area contributed by atoms with Crippen molar-refractivity contribution in [1.29, 1.82) is 0 Å². The third-order valence-corrected chi connectivity index (χ3v) is 2.27. The molecule has 13 heavy (non-hydrogen) atoms. The zero-order valence-electron chi connectivity index (χ0n) is 7.65. The first-order valence-corrected chi connectivity index (χ1v) is 4.62. The van der Waals surface area contributed by atoms with E-state index in [9.17, 15) is 4.79 Å². The van der Waals surface area contributed by atoms with Crippen LogP contribution >= 0.6 is 11.9 Å². The van der Waals surface area contributed by atoms with Gasteiger partial charge in [-0.3, -0.25) is 9.10 Å². The van der Waals surface area contributed by atoms with Gasteiger partial charge < -0.3 is 5.73 Å². The predicted molar refractivity (Wildman–Crippen MR) is 54.5 cm³/mol. The molecule has 0 aliphatic heterocycles. The maximum absolute atomic E-state index is 10.7. The van der Waals surface area contributed by atoms with Gasteiger partial charge in [0.1, 0.15) is 0 Å². The minimum Gasteiger partial charge on any atom is -0.366 e. The first-order chi connectivity index (χ1) is 6.09. The van der Waals surface area contributed by atoms with Crippen molar-refractivity contribution in [3.8, 4) is 0 Å². The quantitative estimate of drug-likeness (QED) is 0.742. The summed E-state index contributed by atoms with van der Waals surface area (Å²) < 4.78 is 1.99. The molecule has 3 nitrogen and oxygen atoms in total. The lowest BCUT2D eigenvalue weighted by molar-refractivity contribution is 0.100. The van der Waals surface area contributed by atoms with E-state index >= 15 is 0 Å². The van der Waals surface area contributed by atoms with Crippen molar-refractivity contribution in [1.82, 2.24) is 4.31 Å². The molecule has 1 aromatic carbocycles. The lowest BCUT2D eigenvalue weighted by atomic mass is 10.2. The molecule has 0 aliphatic carbocycles. The summed E-state index contributed by atoms with van der Waals surface area (Å²) in [4.78, 5) is 11.8. The second kappa shape index (κ2) is 4.30. The molecule has 1 rings (SSSR count). The topological polar surface area (TPSA) is 46.3 Å². The molecule has 0 aromatic heterocycles. The highest BCUT2D eigenvalue weighted by molar-refractivity contribution is 7.97. The first-order valence-electron chi connectivity index (χ1n) is 3.85. The van der Waals surface area contributed by atoms with E-state index in [0.717, 1.165) is 4.90 Å². The van der Waals surface area contributed by atoms with Crippen molar-refractivity contribution < 1.29 is 4.79 Å². The Morgan fingerprint density at radius 3 is 2.23 bits per heavy atom. The number of nitrogens with two attached hydrogens (primary N) is 1. The van der Waals surface area contributed by atoms with Crippen molar-refractivity contribution in [3.05, 3.63) is 29.8 Å². The van der Waals surface area contributed by atoms with E-state index in [-0.39, 0.29) is 5.91 Å². The van der Waals surface area contributed by atoms with Crippen LogP contribution in [0.5, 0.6) is 0 Å². The molecule has 0 fully saturated rings. The summed E-state index contributed by atoms with van der Waals surface area (Å²) >= 11 is 1.60. The lowest BCUT2D eigenvalue weighted by Gasteiger charge is -2.07. The number of amides is 1. The second-order valence-corrected chi connectivity index (χ2v) is 4.18. The van der Waals surface area contributed by atoms with Crippen LogP contribution in [0.3, 0.4) is 0 Å². The van der Waals surface area contributed by atoms with Crippen LogP contribution in [0.2, 0.25) is 0 Å². The Bertz CT molecular complexity index is 295. The fraction of sp³-hybridized carbons (Fsp3) is 0.222. The van der Waals surface area contributed by atoms with Gasteiger partial charge in [0.15, 0.2) is 0 Å². The number of primary amides is 1. The number of hydrogen-bond acceptors (Lipinski definition) is 3. The largest absolute Gasteiger partial charge is 0.366 e. The Labute approximate surface area is 82.0 Å². The minimum absolute atomic E-state index is 0.388. The van der Waals surface area contributed by atoms with Crippen molar-refractivity contribution in [2.24, 2.45) is 5.73 Å². The number of carbonyl (C=O) groups is 1. The van der Waals surface area contributed by atoms with Gasteiger partial charge in [-0.15, -0.1) is 0 Å². The van der Waals surface area contributed by atoms with Crippen LogP contribution < -0.4 is 5.73 Å². The zero-order valence-corrected chi connectivity index (χ0v) is 8.47. The molecule has 0 saturated carbocycles. The molecular weight excluding hydrogens is 184 g/mol. The second-order valence-electron chi connectivity index (χ2n) is 2.79. The van der Waals surface area contributed by atoms with Crippen LogP contribution in [0, 0.1) is 0 Å². The molecule has 2 N–H and O–H groups in total. The van der Waals surface area contributed by atoms with Gasteiger partial charge >= 0.3 is 0 Å². The molecule has 0 aliphatic rings. The van der Waals surface area contributed by atoms with Gasteiger partial charge in [-0.2, -0.15) is 0 Å². The van der Waals surface area contributed by atoms with Crippen molar-refractivity contribution in [2.75, 3.05) is 14.1 Å². The smallest absolute Gasteiger partial charge is 0.248 e. The van der Waals surface area contributed by atoms with Crippen LogP contribution in [-0.4, -0.2) is 24.3 Å². The minimum atomic E-state index is -0.388. The number of benzene rings is 1. The molecule has 0 unspecified atom stereocenters. The van der Waals surface area contributed by atoms with E-state index in [1.165, 1.54) is 0 Å². The third kappa shape index (κ3) is 3.08. The summed E-state index contributed by atoms with van der Waals surface area (Å²) in [5, 5.41) is 0. The van der Waals surface area contributed by atoms with Crippen LogP contribution in [0.4, 0.5) is 0 Å². The van der Waals surface area contributed by atoms with Crippen LogP contribution in [0.25, 0.3) is 0 Å². The number of nitrogens with zero attached hydrogens (tertiary/aromatic N) is 1. The van der Waals surface area contributed by atoms with Gasteiger partial charge in [0, 0.05) is 10.5 Å². The molecule has 0 spiro atoms. The summed E-state index contributed by atoms with van der Waals surface area (Å²) in [5.41, 5.74) is 5.65. The maximum atomic E-state index is 10.7. The SMILES string of the molecule is CN(C)Sc1ccc(C(N)=O)cc1. The Balaban J connectivity index is 2.75. The number of rotatable bonds is 3. The van der Waals surface area contributed by atoms with Gasteiger partial charge in [-0.1, -0.05) is 0 Å². The Kier molecular flexibility index (Phi) is 3.33. The van der Waals surface area contributed by atoms with Gasteiger partial charge in [0.25, 0.3) is 0 Å². The van der Waals surface area contributed by atoms with E-state index in [1.54, 1.807) is 24.1 Å². The molecule has 0 bridgehead atoms. The lowest BCUT2D eigenvalue weighted by Crippen LogP contribution is -2.10. The Morgan fingerprint density at radius 2 is 1.85 bits per heavy atom. The average molecular weight is 196 g/mol. The van der Waals surface area contributed by atoms with Gasteiger partial charge in [0.05, 0.1) is 0 Å². The molecule has 0 atom stereocenters. The molecule has 0 radical (unpaired) electrons. The molecule has 70 valence electrons. The highest BCUT2D eigenvalue weighted by Gasteiger charge is 2.00. The third-order valence-electron chi connectivity index (χ3n) is 1.43. The van der Waals surface area contributed by atoms with Crippen molar-refractivity contribution in [3.63, 3.8) is 0 Å². The van der Waals surface area contributed by atoms with Crippen LogP contribution in [0.15, 0.2) is 29.2 Å². The summed E-state index contributed by atoms with van der Waals surface area (Å²) in [5.74, 6) is -0.388. The average Bonchev–Trinajstić information content (AvgIpc) is 2.04. The highest BCUT2D eigenvalue weighted by atomic mass is 32.2. The summed E-state index contributed by atoms with van der Waals surface area (Å²) in [6.45, 7) is 0. The normalized spacial score (nSPS) is 10.4. The van der Waals surface area contributed by atoms with Crippen molar-refractivity contribution in [2.45, 2.75) is 4.90 Å². The number of carbonyl (C=O) groups excluding carboxylic acids is 1. The highest BCUT2D eigenvalue weighted by Crippen LogP contribution is 2.19. The van der Waals surface area contributed by atoms with E-state index in [1.807, 2.05) is 30.5 Å². The fourth-order valence-corrected chi connectivity index (χ4v) is 1.57. The molecule has 4 heteroatoms. The summed E-state index contributed by atoms with van der Waals surface area (Å²) in [6.07, 6.45) is 0. The van der Waals surface area contributed by atoms with Crippen LogP contribution in [0.1, 0.15) is 10.4 Å². The zero-order chi connectivity index (χ0) is 9.84. The van der Waals surface area contributed by atoms with E-state index in [0.29, 0.717) is 5.56 Å². The molecule has 1 amide bonds. The monoisotopic (exact) mass is 196 g/mol. The molecule has 0 heterocycles. The standard InChI is InChI=1S/C9H12N2OS/c1-11(2)13-8-5-3-7(4-6-8)9(10)12/h3-6H,1-2H3,(H2,10,12). The van der Waals surface area contributed by atoms with E-state index < -0.39 is 0 Å². The molecular formula is C9H12N2OS. The van der Waals surface area contributed by atoms with E-state index in [4.69, 9.17) is 5.73 Å². The van der Waals surface area contributed by atoms with Crippen LogP contribution in [-0.2, 0) is 0 Å². The summed E-state index contributed by atoms with van der Waals surface area (Å²) in [6, 6.07) is 7.22.